The Morgan fingerprint density at radius 1 is 1.21 bits per heavy atom. The van der Waals surface area contributed by atoms with Gasteiger partial charge < -0.3 is 10.1 Å². The van der Waals surface area contributed by atoms with Gasteiger partial charge in [-0.2, -0.15) is 4.31 Å². The first-order valence-corrected chi connectivity index (χ1v) is 11.1. The van der Waals surface area contributed by atoms with Crippen LogP contribution in [0, 0.1) is 11.7 Å². The summed E-state index contributed by atoms with van der Waals surface area (Å²) in [7, 11) is -4.01. The van der Waals surface area contributed by atoms with Crippen molar-refractivity contribution in [3.05, 3.63) is 53.8 Å². The van der Waals surface area contributed by atoms with Crippen molar-refractivity contribution in [2.45, 2.75) is 31.6 Å². The van der Waals surface area contributed by atoms with E-state index in [1.54, 1.807) is 24.3 Å². The average Bonchev–Trinajstić information content (AvgIpc) is 2.70. The van der Waals surface area contributed by atoms with Crippen LogP contribution in [0.15, 0.2) is 47.4 Å². The number of hydrogen-bond acceptors (Lipinski definition) is 4. The molecule has 2 aromatic carbocycles. The number of ether oxygens (including phenoxy) is 1. The third-order valence-electron chi connectivity index (χ3n) is 4.99. The molecule has 1 heterocycles. The fraction of sp³-hybridized carbons (Fsp3) is 0.381. The van der Waals surface area contributed by atoms with Crippen LogP contribution in [-0.4, -0.2) is 38.3 Å². The largest absolute Gasteiger partial charge is 0.492 e. The third-order valence-corrected chi connectivity index (χ3v) is 6.90. The lowest BCUT2D eigenvalue weighted by molar-refractivity contribution is 0.102. The topological polar surface area (TPSA) is 75.7 Å². The van der Waals surface area contributed by atoms with Crippen LogP contribution in [0.2, 0.25) is 0 Å². The maximum Gasteiger partial charge on any atom is 0.255 e. The third kappa shape index (κ3) is 4.76. The molecule has 2 aromatic rings. The summed E-state index contributed by atoms with van der Waals surface area (Å²) in [5.74, 6) is -0.467. The van der Waals surface area contributed by atoms with Crippen molar-refractivity contribution in [3.63, 3.8) is 0 Å². The lowest BCUT2D eigenvalue weighted by Gasteiger charge is -2.29. The Hall–Kier alpha value is -2.45. The molecule has 1 saturated heterocycles. The molecule has 0 radical (unpaired) electrons. The number of carbonyl (C=O) groups is 1. The van der Waals surface area contributed by atoms with Gasteiger partial charge in [-0.05, 0) is 56.0 Å². The highest BCUT2D eigenvalue weighted by atomic mass is 32.2. The number of amides is 1. The first kappa shape index (κ1) is 21.3. The molecule has 0 atom stereocenters. The van der Waals surface area contributed by atoms with Crippen LogP contribution in [0.5, 0.6) is 5.75 Å². The smallest absolute Gasteiger partial charge is 0.255 e. The second kappa shape index (κ2) is 8.92. The van der Waals surface area contributed by atoms with Gasteiger partial charge in [-0.1, -0.05) is 19.1 Å². The minimum absolute atomic E-state index is 0.0571. The van der Waals surface area contributed by atoms with Crippen LogP contribution in [0.25, 0.3) is 0 Å². The Bertz CT molecular complexity index is 986. The highest BCUT2D eigenvalue weighted by molar-refractivity contribution is 7.89. The normalized spacial score (nSPS) is 15.8. The zero-order valence-corrected chi connectivity index (χ0v) is 17.3. The number of benzene rings is 2. The number of halogens is 1. The van der Waals surface area contributed by atoms with Gasteiger partial charge >= 0.3 is 0 Å². The summed E-state index contributed by atoms with van der Waals surface area (Å²) in [4.78, 5) is 12.2. The second-order valence-electron chi connectivity index (χ2n) is 7.12. The van der Waals surface area contributed by atoms with Crippen LogP contribution in [0.3, 0.4) is 0 Å². The SMILES string of the molecule is CCOc1ccccc1NC(=O)c1ccc(F)c(S(=O)(=O)N2CCC(C)CC2)c1. The Labute approximate surface area is 170 Å². The maximum atomic E-state index is 14.4. The van der Waals surface area contributed by atoms with Crippen molar-refractivity contribution in [1.82, 2.24) is 4.31 Å². The van der Waals surface area contributed by atoms with Gasteiger partial charge in [0, 0.05) is 18.7 Å². The van der Waals surface area contributed by atoms with E-state index in [1.165, 1.54) is 10.4 Å². The number of rotatable bonds is 6. The van der Waals surface area contributed by atoms with E-state index in [1.807, 2.05) is 6.92 Å². The molecule has 1 fully saturated rings. The summed E-state index contributed by atoms with van der Waals surface area (Å²) in [6.45, 7) is 5.02. The molecule has 29 heavy (non-hydrogen) atoms. The molecule has 1 aliphatic heterocycles. The Kier molecular flexibility index (Phi) is 6.54. The first-order valence-electron chi connectivity index (χ1n) is 9.65. The van der Waals surface area contributed by atoms with Crippen molar-refractivity contribution in [3.8, 4) is 5.75 Å². The number of para-hydroxylation sites is 2. The van der Waals surface area contributed by atoms with Gasteiger partial charge in [0.2, 0.25) is 10.0 Å². The molecule has 0 aromatic heterocycles. The fourth-order valence-electron chi connectivity index (χ4n) is 3.25. The number of hydrogen-bond donors (Lipinski definition) is 1. The van der Waals surface area contributed by atoms with Crippen LogP contribution in [-0.2, 0) is 10.0 Å². The van der Waals surface area contributed by atoms with Crippen molar-refractivity contribution >= 4 is 21.6 Å². The minimum atomic E-state index is -4.01. The standard InChI is InChI=1S/C21H25FN2O4S/c1-3-28-19-7-5-4-6-18(19)23-21(25)16-8-9-17(22)20(14-16)29(26,27)24-12-10-15(2)11-13-24/h4-9,14-15H,3,10-13H2,1-2H3,(H,23,25). The second-order valence-corrected chi connectivity index (χ2v) is 9.02. The predicted molar refractivity (Wildman–Crippen MR) is 109 cm³/mol. The molecule has 0 saturated carbocycles. The van der Waals surface area contributed by atoms with Crippen LogP contribution in [0.1, 0.15) is 37.0 Å². The maximum absolute atomic E-state index is 14.4. The van der Waals surface area contributed by atoms with E-state index in [-0.39, 0.29) is 5.56 Å². The van der Waals surface area contributed by atoms with E-state index in [0.29, 0.717) is 37.1 Å². The number of carbonyl (C=O) groups excluding carboxylic acids is 1. The first-order chi connectivity index (χ1) is 13.8. The van der Waals surface area contributed by atoms with E-state index in [0.717, 1.165) is 25.0 Å². The molecule has 8 heteroatoms. The van der Waals surface area contributed by atoms with Crippen molar-refractivity contribution in [2.75, 3.05) is 25.0 Å². The molecule has 0 aliphatic carbocycles. The van der Waals surface area contributed by atoms with Gasteiger partial charge in [-0.15, -0.1) is 0 Å². The molecule has 1 amide bonds. The van der Waals surface area contributed by atoms with Gasteiger partial charge in [0.1, 0.15) is 16.5 Å². The number of sulfonamides is 1. The zero-order chi connectivity index (χ0) is 21.0. The summed E-state index contributed by atoms with van der Waals surface area (Å²) in [6.07, 6.45) is 1.46. The Morgan fingerprint density at radius 2 is 1.90 bits per heavy atom. The summed E-state index contributed by atoms with van der Waals surface area (Å²) < 4.78 is 47.0. The van der Waals surface area contributed by atoms with Crippen LogP contribution < -0.4 is 10.1 Å². The monoisotopic (exact) mass is 420 g/mol. The summed E-state index contributed by atoms with van der Waals surface area (Å²) in [6, 6.07) is 10.3. The predicted octanol–water partition coefficient (Wildman–Crippen LogP) is 3.90. The molecule has 1 aliphatic rings. The van der Waals surface area contributed by atoms with Crippen molar-refractivity contribution in [1.29, 1.82) is 0 Å². The van der Waals surface area contributed by atoms with E-state index >= 15 is 0 Å². The van der Waals surface area contributed by atoms with Gasteiger partial charge in [-0.3, -0.25) is 4.79 Å². The highest BCUT2D eigenvalue weighted by Gasteiger charge is 2.31. The molecular formula is C21H25FN2O4S. The molecule has 0 unspecified atom stereocenters. The molecule has 6 nitrogen and oxygen atoms in total. The summed E-state index contributed by atoms with van der Waals surface area (Å²) >= 11 is 0. The van der Waals surface area contributed by atoms with Gasteiger partial charge in [0.05, 0.1) is 12.3 Å². The van der Waals surface area contributed by atoms with Gasteiger partial charge in [0.15, 0.2) is 0 Å². The number of piperidine rings is 1. The lowest BCUT2D eigenvalue weighted by atomic mass is 10.0. The lowest BCUT2D eigenvalue weighted by Crippen LogP contribution is -2.38. The van der Waals surface area contributed by atoms with Gasteiger partial charge in [0.25, 0.3) is 5.91 Å². The van der Waals surface area contributed by atoms with Crippen molar-refractivity contribution < 1.29 is 22.3 Å². The molecule has 0 spiro atoms. The molecule has 0 bridgehead atoms. The molecule has 1 N–H and O–H groups in total. The molecular weight excluding hydrogens is 395 g/mol. The van der Waals surface area contributed by atoms with Crippen LogP contribution >= 0.6 is 0 Å². The van der Waals surface area contributed by atoms with Gasteiger partial charge in [-0.25, -0.2) is 12.8 Å². The summed E-state index contributed by atoms with van der Waals surface area (Å²) in [5.41, 5.74) is 0.514. The van der Waals surface area contributed by atoms with E-state index in [4.69, 9.17) is 4.74 Å². The van der Waals surface area contributed by atoms with Crippen molar-refractivity contribution in [2.24, 2.45) is 5.92 Å². The minimum Gasteiger partial charge on any atom is -0.492 e. The number of nitrogens with one attached hydrogen (secondary N) is 1. The zero-order valence-electron chi connectivity index (χ0n) is 16.5. The summed E-state index contributed by atoms with van der Waals surface area (Å²) in [5, 5.41) is 2.70. The number of anilines is 1. The Morgan fingerprint density at radius 3 is 2.59 bits per heavy atom. The van der Waals surface area contributed by atoms with E-state index in [2.05, 4.69) is 12.2 Å². The van der Waals surface area contributed by atoms with Crippen LogP contribution in [0.4, 0.5) is 10.1 Å². The number of nitrogens with zero attached hydrogens (tertiary/aromatic N) is 1. The quantitative estimate of drug-likeness (QED) is 0.769. The van der Waals surface area contributed by atoms with E-state index < -0.39 is 26.6 Å². The molecule has 156 valence electrons. The Balaban J connectivity index is 1.86. The highest BCUT2D eigenvalue weighted by Crippen LogP contribution is 2.27. The van der Waals surface area contributed by atoms with E-state index in [9.17, 15) is 17.6 Å². The fourth-order valence-corrected chi connectivity index (χ4v) is 4.81. The average molecular weight is 421 g/mol. The molecule has 3 rings (SSSR count).